The largest absolute Gasteiger partial charge is 0.295 e. The molecule has 3 heteroatoms. The average molecular weight is 196 g/mol. The summed E-state index contributed by atoms with van der Waals surface area (Å²) in [4.78, 5) is 10.7. The van der Waals surface area contributed by atoms with Gasteiger partial charge in [-0.1, -0.05) is 0 Å². The molecule has 0 aromatic heterocycles. The standard InChI is InChI=1S/C11H10F2O/c1-7(5-8(2)14)10-6-9(12)3-4-11(10)13/h3-6H,1-2H3/b7-5-. The first kappa shape index (κ1) is 10.6. The zero-order chi connectivity index (χ0) is 10.7. The van der Waals surface area contributed by atoms with Gasteiger partial charge in [0.2, 0.25) is 0 Å². The van der Waals surface area contributed by atoms with Crippen molar-refractivity contribution in [3.05, 3.63) is 41.5 Å². The highest BCUT2D eigenvalue weighted by molar-refractivity contribution is 5.94. The third kappa shape index (κ3) is 2.49. The monoisotopic (exact) mass is 196 g/mol. The van der Waals surface area contributed by atoms with E-state index in [4.69, 9.17) is 0 Å². The Hall–Kier alpha value is -1.51. The second-order valence-corrected chi connectivity index (χ2v) is 3.06. The number of allylic oxidation sites excluding steroid dienone is 2. The predicted octanol–water partition coefficient (Wildman–Crippen LogP) is 2.96. The maximum absolute atomic E-state index is 13.2. The van der Waals surface area contributed by atoms with Crippen molar-refractivity contribution < 1.29 is 13.6 Å². The molecule has 0 saturated heterocycles. The molecule has 0 bridgehead atoms. The lowest BCUT2D eigenvalue weighted by Gasteiger charge is -2.02. The van der Waals surface area contributed by atoms with Gasteiger partial charge in [0, 0.05) is 5.56 Å². The Morgan fingerprint density at radius 1 is 1.29 bits per heavy atom. The summed E-state index contributed by atoms with van der Waals surface area (Å²) in [5.74, 6) is -1.23. The van der Waals surface area contributed by atoms with Crippen LogP contribution in [0.3, 0.4) is 0 Å². The Kier molecular flexibility index (Phi) is 3.12. The van der Waals surface area contributed by atoms with Crippen LogP contribution in [0.25, 0.3) is 5.57 Å². The molecule has 1 aromatic rings. The van der Waals surface area contributed by atoms with Crippen molar-refractivity contribution in [3.63, 3.8) is 0 Å². The van der Waals surface area contributed by atoms with Gasteiger partial charge >= 0.3 is 0 Å². The minimum absolute atomic E-state index is 0.125. The summed E-state index contributed by atoms with van der Waals surface area (Å²) in [6.07, 6.45) is 1.28. The predicted molar refractivity (Wildman–Crippen MR) is 50.7 cm³/mol. The van der Waals surface area contributed by atoms with E-state index in [0.29, 0.717) is 5.57 Å². The molecule has 14 heavy (non-hydrogen) atoms. The van der Waals surface area contributed by atoms with Crippen molar-refractivity contribution in [2.45, 2.75) is 13.8 Å². The second kappa shape index (κ2) is 4.13. The third-order valence-electron chi connectivity index (χ3n) is 1.77. The summed E-state index contributed by atoms with van der Waals surface area (Å²) in [6, 6.07) is 3.16. The quantitative estimate of drug-likeness (QED) is 0.664. The fraction of sp³-hybridized carbons (Fsp3) is 0.182. The molecule has 0 atom stereocenters. The van der Waals surface area contributed by atoms with Crippen LogP contribution >= 0.6 is 0 Å². The minimum Gasteiger partial charge on any atom is -0.295 e. The molecule has 0 N–H and O–H groups in total. The van der Waals surface area contributed by atoms with Crippen molar-refractivity contribution in [2.75, 3.05) is 0 Å². The number of rotatable bonds is 2. The molecule has 0 amide bonds. The Balaban J connectivity index is 3.18. The number of halogens is 2. The van der Waals surface area contributed by atoms with Crippen LogP contribution < -0.4 is 0 Å². The molecular weight excluding hydrogens is 186 g/mol. The zero-order valence-electron chi connectivity index (χ0n) is 7.97. The van der Waals surface area contributed by atoms with E-state index >= 15 is 0 Å². The first-order valence-electron chi connectivity index (χ1n) is 4.15. The number of carbonyl (C=O) groups excluding carboxylic acids is 1. The molecule has 0 radical (unpaired) electrons. The fourth-order valence-electron chi connectivity index (χ4n) is 1.18. The molecular formula is C11H10F2O. The van der Waals surface area contributed by atoms with Gasteiger partial charge in [0.15, 0.2) is 5.78 Å². The summed E-state index contributed by atoms with van der Waals surface area (Å²) in [5.41, 5.74) is 0.551. The summed E-state index contributed by atoms with van der Waals surface area (Å²) in [7, 11) is 0. The molecule has 74 valence electrons. The molecule has 0 aliphatic carbocycles. The van der Waals surface area contributed by atoms with E-state index in [2.05, 4.69) is 0 Å². The Labute approximate surface area is 81.1 Å². The van der Waals surface area contributed by atoms with Crippen LogP contribution in [0.15, 0.2) is 24.3 Å². The maximum atomic E-state index is 13.2. The van der Waals surface area contributed by atoms with Gasteiger partial charge < -0.3 is 0 Å². The van der Waals surface area contributed by atoms with Crippen molar-refractivity contribution in [2.24, 2.45) is 0 Å². The number of benzene rings is 1. The lowest BCUT2D eigenvalue weighted by Crippen LogP contribution is -1.91. The highest BCUT2D eigenvalue weighted by Gasteiger charge is 2.05. The van der Waals surface area contributed by atoms with E-state index in [0.717, 1.165) is 18.2 Å². The molecule has 0 aliphatic rings. The molecule has 1 rings (SSSR count). The number of ketones is 1. The molecule has 0 saturated carbocycles. The molecule has 0 aliphatic heterocycles. The van der Waals surface area contributed by atoms with Gasteiger partial charge in [-0.05, 0) is 43.7 Å². The van der Waals surface area contributed by atoms with E-state index in [9.17, 15) is 13.6 Å². The van der Waals surface area contributed by atoms with Gasteiger partial charge in [0.25, 0.3) is 0 Å². The van der Waals surface area contributed by atoms with E-state index < -0.39 is 11.6 Å². The first-order valence-corrected chi connectivity index (χ1v) is 4.15. The van der Waals surface area contributed by atoms with Crippen LogP contribution in [0.5, 0.6) is 0 Å². The van der Waals surface area contributed by atoms with Crippen molar-refractivity contribution in [1.82, 2.24) is 0 Å². The molecule has 1 nitrogen and oxygen atoms in total. The minimum atomic E-state index is -0.526. The smallest absolute Gasteiger partial charge is 0.152 e. The van der Waals surface area contributed by atoms with Gasteiger partial charge in [-0.25, -0.2) is 8.78 Å². The fourth-order valence-corrected chi connectivity index (χ4v) is 1.18. The number of hydrogen-bond acceptors (Lipinski definition) is 1. The van der Waals surface area contributed by atoms with Crippen LogP contribution in [-0.4, -0.2) is 5.78 Å². The Morgan fingerprint density at radius 2 is 1.93 bits per heavy atom. The number of carbonyl (C=O) groups is 1. The summed E-state index contributed by atoms with van der Waals surface area (Å²) < 4.78 is 25.9. The highest BCUT2D eigenvalue weighted by atomic mass is 19.1. The second-order valence-electron chi connectivity index (χ2n) is 3.06. The van der Waals surface area contributed by atoms with Crippen molar-refractivity contribution in [1.29, 1.82) is 0 Å². The molecule has 0 fully saturated rings. The SMILES string of the molecule is CC(=O)/C=C(/C)c1cc(F)ccc1F. The van der Waals surface area contributed by atoms with Gasteiger partial charge in [-0.15, -0.1) is 0 Å². The maximum Gasteiger partial charge on any atom is 0.152 e. The summed E-state index contributed by atoms with van der Waals surface area (Å²) >= 11 is 0. The van der Waals surface area contributed by atoms with Crippen LogP contribution in [0.1, 0.15) is 19.4 Å². The summed E-state index contributed by atoms with van der Waals surface area (Å²) in [6.45, 7) is 2.93. The molecule has 0 spiro atoms. The average Bonchev–Trinajstić information content (AvgIpc) is 2.08. The van der Waals surface area contributed by atoms with Crippen molar-refractivity contribution in [3.8, 4) is 0 Å². The zero-order valence-corrected chi connectivity index (χ0v) is 7.97. The van der Waals surface area contributed by atoms with Gasteiger partial charge in [-0.2, -0.15) is 0 Å². The highest BCUT2D eigenvalue weighted by Crippen LogP contribution is 2.18. The molecule has 1 aromatic carbocycles. The van der Waals surface area contributed by atoms with Crippen LogP contribution in [0, 0.1) is 11.6 Å². The Bertz CT molecular complexity index is 394. The van der Waals surface area contributed by atoms with Gasteiger partial charge in [0.1, 0.15) is 11.6 Å². The van der Waals surface area contributed by atoms with E-state index in [1.807, 2.05) is 0 Å². The van der Waals surface area contributed by atoms with Crippen molar-refractivity contribution >= 4 is 11.4 Å². The van der Waals surface area contributed by atoms with E-state index in [-0.39, 0.29) is 11.3 Å². The topological polar surface area (TPSA) is 17.1 Å². The Morgan fingerprint density at radius 3 is 2.50 bits per heavy atom. The summed E-state index contributed by atoms with van der Waals surface area (Å²) in [5, 5.41) is 0. The third-order valence-corrected chi connectivity index (χ3v) is 1.77. The molecule has 0 heterocycles. The van der Waals surface area contributed by atoms with Crippen LogP contribution in [0.2, 0.25) is 0 Å². The molecule has 0 unspecified atom stereocenters. The lowest BCUT2D eigenvalue weighted by atomic mass is 10.1. The van der Waals surface area contributed by atoms with E-state index in [1.165, 1.54) is 13.0 Å². The van der Waals surface area contributed by atoms with E-state index in [1.54, 1.807) is 6.92 Å². The van der Waals surface area contributed by atoms with Crippen LogP contribution in [-0.2, 0) is 4.79 Å². The van der Waals surface area contributed by atoms with Crippen LogP contribution in [0.4, 0.5) is 8.78 Å². The normalized spacial score (nSPS) is 11.6. The van der Waals surface area contributed by atoms with Gasteiger partial charge in [0.05, 0.1) is 0 Å². The van der Waals surface area contributed by atoms with Gasteiger partial charge in [-0.3, -0.25) is 4.79 Å². The lowest BCUT2D eigenvalue weighted by molar-refractivity contribution is -0.112. The first-order chi connectivity index (χ1) is 6.50. The number of hydrogen-bond donors (Lipinski definition) is 0.